The maximum atomic E-state index is 11.7. The first-order valence-electron chi connectivity index (χ1n) is 5.01. The van der Waals surface area contributed by atoms with Gasteiger partial charge in [0.1, 0.15) is 0 Å². The van der Waals surface area contributed by atoms with Gasteiger partial charge in [-0.25, -0.2) is 8.42 Å². The minimum Gasteiger partial charge on any atom is -0.389 e. The van der Waals surface area contributed by atoms with Crippen molar-refractivity contribution in [2.24, 2.45) is 0 Å². The molecular formula is C9H19NO3S. The van der Waals surface area contributed by atoms with Crippen LogP contribution in [0.5, 0.6) is 0 Å². The van der Waals surface area contributed by atoms with Crippen LogP contribution in [0.1, 0.15) is 33.6 Å². The SMILES string of the molecule is CCS(=O)(=O)N1CCCC1C(C)(C)O. The first-order chi connectivity index (χ1) is 6.29. The molecule has 1 fully saturated rings. The molecule has 1 heterocycles. The fourth-order valence-electron chi connectivity index (χ4n) is 1.94. The molecule has 1 N–H and O–H groups in total. The quantitative estimate of drug-likeness (QED) is 0.758. The average molecular weight is 221 g/mol. The van der Waals surface area contributed by atoms with E-state index in [1.807, 2.05) is 0 Å². The predicted octanol–water partition coefficient (Wildman–Crippen LogP) is 0.571. The molecule has 0 spiro atoms. The van der Waals surface area contributed by atoms with Crippen molar-refractivity contribution in [1.82, 2.24) is 4.31 Å². The van der Waals surface area contributed by atoms with Gasteiger partial charge < -0.3 is 5.11 Å². The van der Waals surface area contributed by atoms with Gasteiger partial charge >= 0.3 is 0 Å². The predicted molar refractivity (Wildman–Crippen MR) is 55.5 cm³/mol. The Morgan fingerprint density at radius 2 is 2.07 bits per heavy atom. The van der Waals surface area contributed by atoms with E-state index in [0.29, 0.717) is 6.54 Å². The Labute approximate surface area is 86.0 Å². The molecule has 5 heteroatoms. The van der Waals surface area contributed by atoms with E-state index in [9.17, 15) is 13.5 Å². The zero-order valence-electron chi connectivity index (χ0n) is 9.02. The lowest BCUT2D eigenvalue weighted by molar-refractivity contribution is 0.0215. The summed E-state index contributed by atoms with van der Waals surface area (Å²) >= 11 is 0. The van der Waals surface area contributed by atoms with Crippen LogP contribution in [0.25, 0.3) is 0 Å². The minimum atomic E-state index is -3.16. The lowest BCUT2D eigenvalue weighted by Gasteiger charge is -2.32. The Bertz CT molecular complexity index is 292. The van der Waals surface area contributed by atoms with Crippen molar-refractivity contribution in [2.75, 3.05) is 12.3 Å². The molecule has 1 atom stereocenters. The van der Waals surface area contributed by atoms with Gasteiger partial charge in [0.2, 0.25) is 10.0 Å². The van der Waals surface area contributed by atoms with Crippen molar-refractivity contribution < 1.29 is 13.5 Å². The fraction of sp³-hybridized carbons (Fsp3) is 1.00. The third-order valence-corrected chi connectivity index (χ3v) is 4.62. The molecule has 0 radical (unpaired) electrons. The van der Waals surface area contributed by atoms with Gasteiger partial charge in [-0.3, -0.25) is 0 Å². The molecule has 1 unspecified atom stereocenters. The van der Waals surface area contributed by atoms with Gasteiger partial charge in [0.15, 0.2) is 0 Å². The lowest BCUT2D eigenvalue weighted by atomic mass is 9.98. The Morgan fingerprint density at radius 3 is 2.50 bits per heavy atom. The van der Waals surface area contributed by atoms with Gasteiger partial charge in [-0.2, -0.15) is 4.31 Å². The highest BCUT2D eigenvalue weighted by Gasteiger charge is 2.41. The van der Waals surface area contributed by atoms with E-state index in [-0.39, 0.29) is 11.8 Å². The molecule has 0 aromatic heterocycles. The van der Waals surface area contributed by atoms with Gasteiger partial charge in [0.25, 0.3) is 0 Å². The first kappa shape index (κ1) is 11.9. The second kappa shape index (κ2) is 3.79. The van der Waals surface area contributed by atoms with E-state index in [1.165, 1.54) is 4.31 Å². The van der Waals surface area contributed by atoms with Crippen LogP contribution in [0.15, 0.2) is 0 Å². The Morgan fingerprint density at radius 1 is 1.50 bits per heavy atom. The van der Waals surface area contributed by atoms with E-state index in [0.717, 1.165) is 12.8 Å². The topological polar surface area (TPSA) is 57.6 Å². The molecule has 14 heavy (non-hydrogen) atoms. The molecule has 0 saturated carbocycles. The normalized spacial score (nSPS) is 25.6. The van der Waals surface area contributed by atoms with Crippen LogP contribution in [0.3, 0.4) is 0 Å². The smallest absolute Gasteiger partial charge is 0.214 e. The summed E-state index contributed by atoms with van der Waals surface area (Å²) in [6.07, 6.45) is 1.59. The van der Waals surface area contributed by atoms with Crippen LogP contribution in [0.2, 0.25) is 0 Å². The standard InChI is InChI=1S/C9H19NO3S/c1-4-14(12,13)10-7-5-6-8(10)9(2,3)11/h8,11H,4-7H2,1-3H3. The van der Waals surface area contributed by atoms with Gasteiger partial charge in [-0.05, 0) is 33.6 Å². The van der Waals surface area contributed by atoms with Crippen molar-refractivity contribution in [1.29, 1.82) is 0 Å². The summed E-state index contributed by atoms with van der Waals surface area (Å²) in [6, 6.07) is -0.257. The zero-order valence-corrected chi connectivity index (χ0v) is 9.84. The molecule has 4 nitrogen and oxygen atoms in total. The highest BCUT2D eigenvalue weighted by atomic mass is 32.2. The molecule has 0 amide bonds. The van der Waals surface area contributed by atoms with Crippen molar-refractivity contribution in [3.05, 3.63) is 0 Å². The number of sulfonamides is 1. The Hall–Kier alpha value is -0.130. The van der Waals surface area contributed by atoms with Crippen LogP contribution in [0, 0.1) is 0 Å². The van der Waals surface area contributed by atoms with Gasteiger partial charge in [0.05, 0.1) is 17.4 Å². The van der Waals surface area contributed by atoms with Crippen LogP contribution in [-0.2, 0) is 10.0 Å². The average Bonchev–Trinajstić information content (AvgIpc) is 2.51. The summed E-state index contributed by atoms with van der Waals surface area (Å²) in [6.45, 7) is 5.52. The maximum absolute atomic E-state index is 11.7. The fourth-order valence-corrected chi connectivity index (χ4v) is 3.43. The van der Waals surface area contributed by atoms with Gasteiger partial charge in [-0.15, -0.1) is 0 Å². The summed E-state index contributed by atoms with van der Waals surface area (Å²) in [5, 5.41) is 9.84. The van der Waals surface area contributed by atoms with E-state index in [4.69, 9.17) is 0 Å². The van der Waals surface area contributed by atoms with Gasteiger partial charge in [-0.1, -0.05) is 0 Å². The monoisotopic (exact) mass is 221 g/mol. The summed E-state index contributed by atoms with van der Waals surface area (Å²) in [5.74, 6) is 0.111. The van der Waals surface area contributed by atoms with Crippen molar-refractivity contribution in [3.63, 3.8) is 0 Å². The molecular weight excluding hydrogens is 202 g/mol. The second-order valence-corrected chi connectivity index (χ2v) is 6.53. The third-order valence-electron chi connectivity index (χ3n) is 2.74. The highest BCUT2D eigenvalue weighted by Crippen LogP contribution is 2.29. The Balaban J connectivity index is 2.90. The van der Waals surface area contributed by atoms with Crippen molar-refractivity contribution >= 4 is 10.0 Å². The molecule has 1 saturated heterocycles. The second-order valence-electron chi connectivity index (χ2n) is 4.32. The summed E-state index contributed by atoms with van der Waals surface area (Å²) in [5.41, 5.74) is -0.946. The van der Waals surface area contributed by atoms with Crippen LogP contribution in [0.4, 0.5) is 0 Å². The molecule has 0 aromatic carbocycles. The molecule has 0 aromatic rings. The number of hydrogen-bond donors (Lipinski definition) is 1. The van der Waals surface area contributed by atoms with E-state index in [1.54, 1.807) is 20.8 Å². The molecule has 0 aliphatic carbocycles. The molecule has 1 aliphatic heterocycles. The summed E-state index contributed by atoms with van der Waals surface area (Å²) < 4.78 is 24.8. The minimum absolute atomic E-state index is 0.111. The van der Waals surface area contributed by atoms with Crippen LogP contribution in [-0.4, -0.2) is 41.8 Å². The number of aliphatic hydroxyl groups is 1. The lowest BCUT2D eigenvalue weighted by Crippen LogP contribution is -2.48. The molecule has 1 rings (SSSR count). The van der Waals surface area contributed by atoms with E-state index in [2.05, 4.69) is 0 Å². The number of rotatable bonds is 3. The highest BCUT2D eigenvalue weighted by molar-refractivity contribution is 7.89. The number of nitrogens with zero attached hydrogens (tertiary/aromatic N) is 1. The largest absolute Gasteiger partial charge is 0.389 e. The van der Waals surface area contributed by atoms with Crippen molar-refractivity contribution in [3.8, 4) is 0 Å². The molecule has 84 valence electrons. The molecule has 1 aliphatic rings. The third kappa shape index (κ3) is 2.27. The Kier molecular flexibility index (Phi) is 3.23. The first-order valence-corrected chi connectivity index (χ1v) is 6.62. The number of hydrogen-bond acceptors (Lipinski definition) is 3. The summed E-state index contributed by atoms with van der Waals surface area (Å²) in [4.78, 5) is 0. The maximum Gasteiger partial charge on any atom is 0.214 e. The van der Waals surface area contributed by atoms with Crippen LogP contribution < -0.4 is 0 Å². The van der Waals surface area contributed by atoms with Crippen molar-refractivity contribution in [2.45, 2.75) is 45.3 Å². The van der Waals surface area contributed by atoms with Crippen LogP contribution >= 0.6 is 0 Å². The summed E-state index contributed by atoms with van der Waals surface area (Å²) in [7, 11) is -3.16. The zero-order chi connectivity index (χ0) is 11.0. The van der Waals surface area contributed by atoms with Gasteiger partial charge in [0, 0.05) is 6.54 Å². The van der Waals surface area contributed by atoms with E-state index < -0.39 is 15.6 Å². The molecule has 0 bridgehead atoms. The van der Waals surface area contributed by atoms with E-state index >= 15 is 0 Å².